The van der Waals surface area contributed by atoms with E-state index in [9.17, 15) is 5.53 Å². The van der Waals surface area contributed by atoms with Crippen LogP contribution in [0, 0.1) is 23.7 Å². The minimum absolute atomic E-state index is 0.861. The summed E-state index contributed by atoms with van der Waals surface area (Å²) >= 11 is 0. The lowest BCUT2D eigenvalue weighted by Crippen LogP contribution is -2.04. The predicted molar refractivity (Wildman–Crippen MR) is 366 cm³/mol. The van der Waals surface area contributed by atoms with E-state index in [2.05, 4.69) is 112 Å². The topological polar surface area (TPSA) is 36.4 Å². The van der Waals surface area contributed by atoms with Crippen LogP contribution in [0.5, 0.6) is 0 Å². The fraction of sp³-hybridized carbons (Fsp3) is 0.750. The Bertz CT molecular complexity index is 1960. The van der Waals surface area contributed by atoms with Gasteiger partial charge in [0.05, 0.1) is 5.57 Å². The number of allylic oxidation sites excluding steroid dienone is 2. The number of hydrogen-bond acceptors (Lipinski definition) is 0. The number of rotatable bonds is 55. The second-order valence-electron chi connectivity index (χ2n) is 25.3. The molecule has 0 N–H and O–H groups in total. The molecule has 2 rings (SSSR count). The Morgan fingerprint density at radius 1 is 0.317 bits per heavy atom. The maximum absolute atomic E-state index is 10.3. The Morgan fingerprint density at radius 3 is 0.939 bits per heavy atom. The first-order valence-corrected chi connectivity index (χ1v) is 36.5. The van der Waals surface area contributed by atoms with Crippen LogP contribution in [0.15, 0.2) is 47.5 Å². The van der Waals surface area contributed by atoms with Gasteiger partial charge < -0.3 is 5.53 Å². The molecule has 0 spiro atoms. The summed E-state index contributed by atoms with van der Waals surface area (Å²) in [5.74, 6) is 18.0. The first kappa shape index (κ1) is 74.6. The van der Waals surface area contributed by atoms with Crippen molar-refractivity contribution < 1.29 is 4.79 Å². The molecule has 0 heterocycles. The van der Waals surface area contributed by atoms with Crippen molar-refractivity contribution in [3.63, 3.8) is 0 Å². The molecule has 0 aliphatic rings. The van der Waals surface area contributed by atoms with Gasteiger partial charge in [0.2, 0.25) is 0 Å². The molecule has 0 aliphatic carbocycles. The summed E-state index contributed by atoms with van der Waals surface area (Å²) in [5.41, 5.74) is 21.4. The van der Waals surface area contributed by atoms with Gasteiger partial charge in [-0.1, -0.05) is 353 Å². The van der Waals surface area contributed by atoms with Gasteiger partial charge in [-0.25, -0.2) is 0 Å². The van der Waals surface area contributed by atoms with E-state index >= 15 is 0 Å². The molecule has 0 saturated carbocycles. The molecular weight excluding hydrogens is 989 g/mol. The molecule has 0 unspecified atom stereocenters. The maximum atomic E-state index is 10.3. The highest BCUT2D eigenvalue weighted by Gasteiger charge is 2.21. The third-order valence-electron chi connectivity index (χ3n) is 17.4. The van der Waals surface area contributed by atoms with Gasteiger partial charge in [0, 0.05) is 24.0 Å². The first-order valence-electron chi connectivity index (χ1n) is 36.5. The molecule has 0 bridgehead atoms. The molecule has 2 aromatic carbocycles. The predicted octanol–water partition coefficient (Wildman–Crippen LogP) is 26.5. The standard InChI is InChI=1S/C80H132N2/c1-7-13-19-23-25-27-29-31-33-35-37-39-41-43-45-47-49-51-53-55-61-74-66-75(62-56-54-52-50-48-46-44-42-40-38-36-34-32-30-28-26-24-20-14-8-2)70-78(69-74)80(77-67-72(59-17-11-5)65-73(68-77)60-18-12-6)79(64-58-22-16-10-4)76(71-82-81)63-57-21-15-9-3/h65-70H,7-54,57-60,63-64H2,1-6H3. The third kappa shape index (κ3) is 40.7. The number of nitrogens with zero attached hydrogens (tertiary/aromatic N) is 2. The van der Waals surface area contributed by atoms with E-state index in [1.165, 1.54) is 329 Å². The van der Waals surface area contributed by atoms with Crippen LogP contribution in [-0.2, 0) is 12.8 Å². The van der Waals surface area contributed by atoms with Crippen molar-refractivity contribution in [2.24, 2.45) is 0 Å². The molecule has 0 radical (unpaired) electrons. The van der Waals surface area contributed by atoms with Gasteiger partial charge in [-0.15, -0.1) is 4.79 Å². The van der Waals surface area contributed by atoms with Gasteiger partial charge in [0.1, 0.15) is 0 Å². The number of hydrogen-bond donors (Lipinski definition) is 0. The summed E-state index contributed by atoms with van der Waals surface area (Å²) in [6.45, 7) is 13.8. The van der Waals surface area contributed by atoms with Crippen LogP contribution in [0.25, 0.3) is 11.1 Å². The van der Waals surface area contributed by atoms with Gasteiger partial charge in [-0.3, -0.25) is 0 Å². The maximum Gasteiger partial charge on any atom is 0.303 e. The minimum Gasteiger partial charge on any atom is -0.348 e. The Balaban J connectivity index is 2.33. The quantitative estimate of drug-likeness (QED) is 0.0158. The van der Waals surface area contributed by atoms with Crippen molar-refractivity contribution in [1.29, 1.82) is 0 Å². The van der Waals surface area contributed by atoms with Crippen molar-refractivity contribution >= 4 is 11.4 Å². The van der Waals surface area contributed by atoms with Gasteiger partial charge in [-0.05, 0) is 116 Å². The van der Waals surface area contributed by atoms with Gasteiger partial charge in [-0.2, -0.15) is 0 Å². The van der Waals surface area contributed by atoms with E-state index in [1.54, 1.807) is 0 Å². The molecule has 0 aromatic heterocycles. The summed E-state index contributed by atoms with van der Waals surface area (Å²) in [6.07, 6.45) is 70.1. The number of unbranched alkanes of at least 4 members (excludes halogenated alkanes) is 44. The minimum atomic E-state index is 0.861. The second-order valence-corrected chi connectivity index (χ2v) is 25.3. The third-order valence-corrected chi connectivity index (χ3v) is 17.4. The molecule has 2 aromatic rings. The largest absolute Gasteiger partial charge is 0.348 e. The van der Waals surface area contributed by atoms with Gasteiger partial charge >= 0.3 is 5.87 Å². The highest BCUT2D eigenvalue weighted by Crippen LogP contribution is 2.37. The van der Waals surface area contributed by atoms with Crippen LogP contribution < -0.4 is 0 Å². The molecule has 0 aliphatic heterocycles. The zero-order chi connectivity index (χ0) is 58.9. The molecule has 0 saturated heterocycles. The van der Waals surface area contributed by atoms with Crippen LogP contribution in [0.1, 0.15) is 409 Å². The monoisotopic (exact) mass is 1120 g/mol. The van der Waals surface area contributed by atoms with E-state index in [1.807, 2.05) is 0 Å². The number of benzene rings is 2. The Kier molecular flexibility index (Phi) is 51.4. The van der Waals surface area contributed by atoms with Crippen LogP contribution in [0.4, 0.5) is 0 Å². The van der Waals surface area contributed by atoms with Gasteiger partial charge in [0.25, 0.3) is 0 Å². The first-order chi connectivity index (χ1) is 40.5. The number of aryl methyl sites for hydroxylation is 2. The summed E-state index contributed by atoms with van der Waals surface area (Å²) in [5, 5.41) is 0. The lowest BCUT2D eigenvalue weighted by Gasteiger charge is -2.20. The average molecular weight is 1120 g/mol. The van der Waals surface area contributed by atoms with Crippen molar-refractivity contribution in [2.75, 3.05) is 0 Å². The highest BCUT2D eigenvalue weighted by molar-refractivity contribution is 5.88. The van der Waals surface area contributed by atoms with Crippen LogP contribution in [-0.4, -0.2) is 10.7 Å². The Hall–Kier alpha value is -3.54. The Labute approximate surface area is 512 Å². The molecule has 462 valence electrons. The smallest absolute Gasteiger partial charge is 0.303 e. The fourth-order valence-corrected chi connectivity index (χ4v) is 12.2. The van der Waals surface area contributed by atoms with Crippen molar-refractivity contribution in [2.45, 2.75) is 388 Å². The lowest BCUT2D eigenvalue weighted by atomic mass is 9.83. The van der Waals surface area contributed by atoms with Crippen molar-refractivity contribution in [1.82, 2.24) is 0 Å². The second kappa shape index (κ2) is 56.6. The van der Waals surface area contributed by atoms with Gasteiger partial charge in [0.15, 0.2) is 0 Å². The summed E-state index contributed by atoms with van der Waals surface area (Å²) < 4.78 is 0. The van der Waals surface area contributed by atoms with E-state index in [-0.39, 0.29) is 0 Å². The summed E-state index contributed by atoms with van der Waals surface area (Å²) in [7, 11) is 0. The Morgan fingerprint density at radius 2 is 0.610 bits per heavy atom. The normalized spacial score (nSPS) is 11.4. The molecule has 2 heteroatoms. The fourth-order valence-electron chi connectivity index (χ4n) is 12.2. The summed E-state index contributed by atoms with van der Waals surface area (Å²) in [4.78, 5) is 3.68. The summed E-state index contributed by atoms with van der Waals surface area (Å²) in [6, 6.07) is 14.5. The molecule has 2 nitrogen and oxygen atoms in total. The zero-order valence-electron chi connectivity index (χ0n) is 55.5. The molecule has 82 heavy (non-hydrogen) atoms. The molecule has 0 fully saturated rings. The van der Waals surface area contributed by atoms with E-state index < -0.39 is 0 Å². The van der Waals surface area contributed by atoms with Crippen LogP contribution in [0.3, 0.4) is 0 Å². The SMILES string of the molecule is CCCCCCCCCCCCCCCCCCCCC#Cc1cc(C#CCCCCCCCCCCCCCCCCCCCC)cc(C(=C(CCCCCC)C(=C=[N+]=[N-])CCCCCC)c2cc(CCCC)cc(CCCC)c2)c1. The van der Waals surface area contributed by atoms with E-state index in [0.29, 0.717) is 0 Å². The molecular formula is C80H132N2. The lowest BCUT2D eigenvalue weighted by molar-refractivity contribution is 0.00739. The van der Waals surface area contributed by atoms with E-state index in [4.69, 9.17) is 0 Å². The van der Waals surface area contributed by atoms with Crippen LogP contribution in [0.2, 0.25) is 0 Å². The molecule has 0 atom stereocenters. The van der Waals surface area contributed by atoms with E-state index in [0.717, 1.165) is 68.1 Å². The highest BCUT2D eigenvalue weighted by atomic mass is 14.8. The molecule has 0 amide bonds. The zero-order valence-corrected chi connectivity index (χ0v) is 55.5. The average Bonchev–Trinajstić information content (AvgIpc) is 3.36. The van der Waals surface area contributed by atoms with Crippen molar-refractivity contribution in [3.8, 4) is 23.7 Å². The van der Waals surface area contributed by atoms with Crippen LogP contribution >= 0.6 is 0 Å². The van der Waals surface area contributed by atoms with Crippen molar-refractivity contribution in [3.05, 3.63) is 86.5 Å².